The van der Waals surface area contributed by atoms with E-state index in [9.17, 15) is 9.59 Å². The zero-order chi connectivity index (χ0) is 17.1. The van der Waals surface area contributed by atoms with Gasteiger partial charge in [-0.3, -0.25) is 9.59 Å². The SMILES string of the molecule is CN1CCN(C(=O)c2cccc(C(=O)N3CCN(C)CC3)c2)CC1. The number of likely N-dealkylation sites (N-methyl/N-ethyl adjacent to an activating group) is 2. The van der Waals surface area contributed by atoms with E-state index in [4.69, 9.17) is 0 Å². The molecule has 2 aliphatic heterocycles. The Morgan fingerprint density at radius 3 is 1.46 bits per heavy atom. The number of rotatable bonds is 2. The lowest BCUT2D eigenvalue weighted by molar-refractivity contribution is 0.0662. The predicted octanol–water partition coefficient (Wildman–Crippen LogP) is 0.462. The molecule has 2 fully saturated rings. The first kappa shape index (κ1) is 16.9. The highest BCUT2D eigenvalue weighted by Gasteiger charge is 2.23. The lowest BCUT2D eigenvalue weighted by Crippen LogP contribution is -2.47. The van der Waals surface area contributed by atoms with Crippen molar-refractivity contribution in [3.63, 3.8) is 0 Å². The first-order valence-corrected chi connectivity index (χ1v) is 8.60. The standard InChI is InChI=1S/C18H26N4O2/c1-19-6-10-21(11-7-19)17(23)15-4-3-5-16(14-15)18(24)22-12-8-20(2)9-13-22/h3-5,14H,6-13H2,1-2H3. The maximum absolute atomic E-state index is 12.7. The summed E-state index contributed by atoms with van der Waals surface area (Å²) in [6.07, 6.45) is 0. The fourth-order valence-corrected chi connectivity index (χ4v) is 3.17. The highest BCUT2D eigenvalue weighted by molar-refractivity contribution is 5.99. The number of hydrogen-bond donors (Lipinski definition) is 0. The van der Waals surface area contributed by atoms with Gasteiger partial charge in [-0.1, -0.05) is 6.07 Å². The minimum absolute atomic E-state index is 0.0242. The summed E-state index contributed by atoms with van der Waals surface area (Å²) < 4.78 is 0. The van der Waals surface area contributed by atoms with Crippen LogP contribution in [0.3, 0.4) is 0 Å². The highest BCUT2D eigenvalue weighted by atomic mass is 16.2. The number of amides is 2. The summed E-state index contributed by atoms with van der Waals surface area (Å²) in [6.45, 7) is 6.55. The summed E-state index contributed by atoms with van der Waals surface area (Å²) in [4.78, 5) is 33.5. The molecular formula is C18H26N4O2. The van der Waals surface area contributed by atoms with E-state index in [1.165, 1.54) is 0 Å². The molecule has 0 spiro atoms. The van der Waals surface area contributed by atoms with Crippen LogP contribution in [-0.2, 0) is 0 Å². The number of nitrogens with zero attached hydrogens (tertiary/aromatic N) is 4. The van der Waals surface area contributed by atoms with E-state index < -0.39 is 0 Å². The van der Waals surface area contributed by atoms with E-state index >= 15 is 0 Å². The first-order chi connectivity index (χ1) is 11.5. The summed E-state index contributed by atoms with van der Waals surface area (Å²) in [6, 6.07) is 7.18. The van der Waals surface area contributed by atoms with E-state index in [1.54, 1.807) is 18.2 Å². The summed E-state index contributed by atoms with van der Waals surface area (Å²) in [5.41, 5.74) is 1.22. The normalized spacial score (nSPS) is 20.2. The third-order valence-electron chi connectivity index (χ3n) is 4.94. The second kappa shape index (κ2) is 7.32. The van der Waals surface area contributed by atoms with Crippen molar-refractivity contribution in [3.8, 4) is 0 Å². The van der Waals surface area contributed by atoms with E-state index in [2.05, 4.69) is 23.9 Å². The van der Waals surface area contributed by atoms with Crippen LogP contribution in [0.1, 0.15) is 20.7 Å². The fraction of sp³-hybridized carbons (Fsp3) is 0.556. The zero-order valence-corrected chi connectivity index (χ0v) is 14.6. The number of carbonyl (C=O) groups excluding carboxylic acids is 2. The number of hydrogen-bond acceptors (Lipinski definition) is 4. The molecule has 2 amide bonds. The number of benzene rings is 1. The van der Waals surface area contributed by atoms with E-state index in [0.717, 1.165) is 52.4 Å². The summed E-state index contributed by atoms with van der Waals surface area (Å²) in [7, 11) is 4.13. The van der Waals surface area contributed by atoms with Gasteiger partial charge in [-0.2, -0.15) is 0 Å². The van der Waals surface area contributed by atoms with Crippen LogP contribution in [0.5, 0.6) is 0 Å². The summed E-state index contributed by atoms with van der Waals surface area (Å²) in [5.74, 6) is 0.0484. The van der Waals surface area contributed by atoms with Crippen LogP contribution in [0.15, 0.2) is 24.3 Å². The van der Waals surface area contributed by atoms with Gasteiger partial charge in [-0.25, -0.2) is 0 Å². The molecular weight excluding hydrogens is 304 g/mol. The van der Waals surface area contributed by atoms with Crippen molar-refractivity contribution >= 4 is 11.8 Å². The van der Waals surface area contributed by atoms with Crippen molar-refractivity contribution in [2.45, 2.75) is 0 Å². The van der Waals surface area contributed by atoms with Gasteiger partial charge in [0.15, 0.2) is 0 Å². The van der Waals surface area contributed by atoms with Gasteiger partial charge in [0.1, 0.15) is 0 Å². The highest BCUT2D eigenvalue weighted by Crippen LogP contribution is 2.13. The molecule has 130 valence electrons. The number of piperazine rings is 2. The van der Waals surface area contributed by atoms with Crippen LogP contribution < -0.4 is 0 Å². The topological polar surface area (TPSA) is 47.1 Å². The van der Waals surface area contributed by atoms with Gasteiger partial charge in [-0.05, 0) is 32.3 Å². The van der Waals surface area contributed by atoms with Crippen molar-refractivity contribution in [2.75, 3.05) is 66.5 Å². The summed E-state index contributed by atoms with van der Waals surface area (Å²) in [5, 5.41) is 0. The van der Waals surface area contributed by atoms with Gasteiger partial charge >= 0.3 is 0 Å². The Morgan fingerprint density at radius 2 is 1.08 bits per heavy atom. The van der Waals surface area contributed by atoms with Gasteiger partial charge in [0.2, 0.25) is 0 Å². The molecule has 1 aromatic carbocycles. The largest absolute Gasteiger partial charge is 0.336 e. The zero-order valence-electron chi connectivity index (χ0n) is 14.6. The molecule has 6 heteroatoms. The maximum atomic E-state index is 12.7. The Morgan fingerprint density at radius 1 is 0.708 bits per heavy atom. The lowest BCUT2D eigenvalue weighted by atomic mass is 10.1. The van der Waals surface area contributed by atoms with Crippen LogP contribution in [0.4, 0.5) is 0 Å². The Labute approximate surface area is 143 Å². The van der Waals surface area contributed by atoms with Crippen molar-refractivity contribution in [1.29, 1.82) is 0 Å². The lowest BCUT2D eigenvalue weighted by Gasteiger charge is -2.33. The van der Waals surface area contributed by atoms with Gasteiger partial charge < -0.3 is 19.6 Å². The Kier molecular flexibility index (Phi) is 5.16. The molecule has 0 atom stereocenters. The summed E-state index contributed by atoms with van der Waals surface area (Å²) >= 11 is 0. The molecule has 24 heavy (non-hydrogen) atoms. The van der Waals surface area contributed by atoms with Crippen LogP contribution in [0, 0.1) is 0 Å². The van der Waals surface area contributed by atoms with Crippen molar-refractivity contribution < 1.29 is 9.59 Å². The van der Waals surface area contributed by atoms with E-state index in [-0.39, 0.29) is 11.8 Å². The second-order valence-electron chi connectivity index (χ2n) is 6.77. The molecule has 0 aromatic heterocycles. The Balaban J connectivity index is 1.69. The third kappa shape index (κ3) is 3.76. The Hall–Kier alpha value is -1.92. The molecule has 0 unspecified atom stereocenters. The monoisotopic (exact) mass is 330 g/mol. The molecule has 0 saturated carbocycles. The van der Waals surface area contributed by atoms with Crippen LogP contribution in [0.25, 0.3) is 0 Å². The fourth-order valence-electron chi connectivity index (χ4n) is 3.17. The molecule has 0 radical (unpaired) electrons. The van der Waals surface area contributed by atoms with Crippen LogP contribution >= 0.6 is 0 Å². The number of carbonyl (C=O) groups is 2. The van der Waals surface area contributed by atoms with Crippen molar-refractivity contribution in [3.05, 3.63) is 35.4 Å². The molecule has 6 nitrogen and oxygen atoms in total. The Bertz CT molecular complexity index is 554. The molecule has 0 N–H and O–H groups in total. The van der Waals surface area contributed by atoms with E-state index in [0.29, 0.717) is 11.1 Å². The minimum atomic E-state index is 0.0242. The molecule has 0 bridgehead atoms. The third-order valence-corrected chi connectivity index (χ3v) is 4.94. The average molecular weight is 330 g/mol. The van der Waals surface area contributed by atoms with Gasteiger partial charge in [0.25, 0.3) is 11.8 Å². The second-order valence-corrected chi connectivity index (χ2v) is 6.77. The molecule has 2 saturated heterocycles. The first-order valence-electron chi connectivity index (χ1n) is 8.60. The van der Waals surface area contributed by atoms with Gasteiger partial charge in [0.05, 0.1) is 0 Å². The predicted molar refractivity (Wildman–Crippen MR) is 93.2 cm³/mol. The molecule has 2 heterocycles. The molecule has 2 aliphatic rings. The quantitative estimate of drug-likeness (QED) is 0.791. The van der Waals surface area contributed by atoms with Crippen LogP contribution in [-0.4, -0.2) is 97.9 Å². The molecule has 3 rings (SSSR count). The maximum Gasteiger partial charge on any atom is 0.253 e. The van der Waals surface area contributed by atoms with E-state index in [1.807, 2.05) is 15.9 Å². The van der Waals surface area contributed by atoms with Gasteiger partial charge in [-0.15, -0.1) is 0 Å². The molecule has 1 aromatic rings. The molecule has 0 aliphatic carbocycles. The van der Waals surface area contributed by atoms with Crippen molar-refractivity contribution in [2.24, 2.45) is 0 Å². The van der Waals surface area contributed by atoms with Crippen LogP contribution in [0.2, 0.25) is 0 Å². The smallest absolute Gasteiger partial charge is 0.253 e. The minimum Gasteiger partial charge on any atom is -0.336 e. The average Bonchev–Trinajstić information content (AvgIpc) is 2.62. The van der Waals surface area contributed by atoms with Gasteiger partial charge in [0, 0.05) is 63.5 Å². The van der Waals surface area contributed by atoms with Crippen molar-refractivity contribution in [1.82, 2.24) is 19.6 Å².